The molecular weight excluding hydrogens is 289 g/mol. The summed E-state index contributed by atoms with van der Waals surface area (Å²) in [6.07, 6.45) is 9.72. The number of aromatic nitrogens is 2. The minimum absolute atomic E-state index is 0.543. The van der Waals surface area contributed by atoms with Crippen molar-refractivity contribution in [2.24, 2.45) is 0 Å². The van der Waals surface area contributed by atoms with Gasteiger partial charge in [-0.05, 0) is 35.4 Å². The largest absolute Gasteiger partial charge is 0.383 e. The van der Waals surface area contributed by atoms with E-state index >= 15 is 0 Å². The Morgan fingerprint density at radius 1 is 1.29 bits per heavy atom. The molecule has 0 aliphatic heterocycles. The molecule has 2 N–H and O–H groups in total. The molecule has 1 saturated carbocycles. The van der Waals surface area contributed by atoms with Crippen LogP contribution in [-0.2, 0) is 0 Å². The first-order valence-corrected chi connectivity index (χ1v) is 6.35. The first-order chi connectivity index (χ1) is 6.79. The van der Waals surface area contributed by atoms with E-state index in [2.05, 4.69) is 27.7 Å². The summed E-state index contributed by atoms with van der Waals surface area (Å²) in [5.74, 6) is 0.845. The van der Waals surface area contributed by atoms with E-state index in [1.807, 2.05) is 10.9 Å². The maximum Gasteiger partial charge on any atom is 0.135 e. The summed E-state index contributed by atoms with van der Waals surface area (Å²) >= 11 is 2.24. The van der Waals surface area contributed by atoms with Crippen LogP contribution in [-0.4, -0.2) is 9.78 Å². The molecule has 0 amide bonds. The summed E-state index contributed by atoms with van der Waals surface area (Å²) in [6.45, 7) is 0. The van der Waals surface area contributed by atoms with Gasteiger partial charge in [-0.2, -0.15) is 5.10 Å². The molecular formula is C10H16IN3. The van der Waals surface area contributed by atoms with E-state index in [9.17, 15) is 0 Å². The standard InChI is InChI=1S/C10H16IN3/c11-9-7-13-14(10(9)12)8-5-3-1-2-4-6-8/h7-8H,1-6,12H2. The maximum atomic E-state index is 5.98. The molecule has 0 bridgehead atoms. The Morgan fingerprint density at radius 3 is 2.43 bits per heavy atom. The van der Waals surface area contributed by atoms with Gasteiger partial charge in [0.15, 0.2) is 0 Å². The molecule has 0 aromatic carbocycles. The summed E-state index contributed by atoms with van der Waals surface area (Å²) < 4.78 is 3.10. The van der Waals surface area contributed by atoms with Crippen LogP contribution < -0.4 is 5.73 Å². The van der Waals surface area contributed by atoms with Crippen LogP contribution in [0, 0.1) is 3.57 Å². The highest BCUT2D eigenvalue weighted by Gasteiger charge is 2.17. The molecule has 1 aromatic heterocycles. The molecule has 1 aliphatic carbocycles. The lowest BCUT2D eigenvalue weighted by Gasteiger charge is -2.16. The van der Waals surface area contributed by atoms with Crippen LogP contribution in [0.25, 0.3) is 0 Å². The Hall–Kier alpha value is -0.260. The Kier molecular flexibility index (Phi) is 3.30. The molecule has 0 spiro atoms. The fourth-order valence-corrected chi connectivity index (χ4v) is 2.52. The van der Waals surface area contributed by atoms with E-state index in [4.69, 9.17) is 5.73 Å². The molecule has 14 heavy (non-hydrogen) atoms. The van der Waals surface area contributed by atoms with Crippen LogP contribution in [0.3, 0.4) is 0 Å². The van der Waals surface area contributed by atoms with Gasteiger partial charge in [0.25, 0.3) is 0 Å². The van der Waals surface area contributed by atoms with E-state index in [0.717, 1.165) is 9.39 Å². The lowest BCUT2D eigenvalue weighted by molar-refractivity contribution is 0.411. The van der Waals surface area contributed by atoms with Crippen molar-refractivity contribution in [2.75, 3.05) is 5.73 Å². The van der Waals surface area contributed by atoms with E-state index in [1.54, 1.807) is 0 Å². The van der Waals surface area contributed by atoms with Gasteiger partial charge < -0.3 is 5.73 Å². The van der Waals surface area contributed by atoms with E-state index in [1.165, 1.54) is 38.5 Å². The zero-order valence-corrected chi connectivity index (χ0v) is 10.4. The molecule has 3 nitrogen and oxygen atoms in total. The third-order valence-electron chi connectivity index (χ3n) is 2.96. The SMILES string of the molecule is Nc1c(I)cnn1C1CCCCCC1. The second-order valence-electron chi connectivity index (χ2n) is 3.97. The Morgan fingerprint density at radius 2 is 1.93 bits per heavy atom. The lowest BCUT2D eigenvalue weighted by Crippen LogP contribution is -2.12. The molecule has 0 atom stereocenters. The van der Waals surface area contributed by atoms with Crippen LogP contribution in [0.4, 0.5) is 5.82 Å². The summed E-state index contributed by atoms with van der Waals surface area (Å²) in [6, 6.07) is 0.543. The van der Waals surface area contributed by atoms with Crippen molar-refractivity contribution >= 4 is 28.4 Å². The number of rotatable bonds is 1. The van der Waals surface area contributed by atoms with Crippen molar-refractivity contribution < 1.29 is 0 Å². The Labute approximate surface area is 98.2 Å². The van der Waals surface area contributed by atoms with Crippen molar-refractivity contribution in [3.63, 3.8) is 0 Å². The summed E-state index contributed by atoms with van der Waals surface area (Å²) in [7, 11) is 0. The molecule has 4 heteroatoms. The Balaban J connectivity index is 2.16. The second kappa shape index (κ2) is 4.51. The fourth-order valence-electron chi connectivity index (χ4n) is 2.14. The third-order valence-corrected chi connectivity index (χ3v) is 3.79. The van der Waals surface area contributed by atoms with Crippen LogP contribution in [0.1, 0.15) is 44.6 Å². The van der Waals surface area contributed by atoms with Gasteiger partial charge in [0.05, 0.1) is 15.8 Å². The van der Waals surface area contributed by atoms with Crippen molar-refractivity contribution in [2.45, 2.75) is 44.6 Å². The molecule has 0 unspecified atom stereocenters. The van der Waals surface area contributed by atoms with Crippen LogP contribution in [0.2, 0.25) is 0 Å². The van der Waals surface area contributed by atoms with E-state index in [0.29, 0.717) is 6.04 Å². The van der Waals surface area contributed by atoms with Crippen molar-refractivity contribution in [3.05, 3.63) is 9.77 Å². The third kappa shape index (κ3) is 2.04. The summed E-state index contributed by atoms with van der Waals surface area (Å²) in [5, 5.41) is 4.36. The number of nitrogens with zero attached hydrogens (tertiary/aromatic N) is 2. The molecule has 78 valence electrons. The number of hydrogen-bond acceptors (Lipinski definition) is 2. The molecule has 0 radical (unpaired) electrons. The number of anilines is 1. The van der Waals surface area contributed by atoms with Crippen molar-refractivity contribution in [1.82, 2.24) is 9.78 Å². The topological polar surface area (TPSA) is 43.8 Å². The van der Waals surface area contributed by atoms with Crippen LogP contribution >= 0.6 is 22.6 Å². The molecule has 1 heterocycles. The Bertz CT molecular complexity index is 300. The van der Waals surface area contributed by atoms with Crippen LogP contribution in [0.15, 0.2) is 6.20 Å². The normalized spacial score (nSPS) is 19.5. The first kappa shape index (κ1) is 10.3. The second-order valence-corrected chi connectivity index (χ2v) is 5.13. The number of hydrogen-bond donors (Lipinski definition) is 1. The smallest absolute Gasteiger partial charge is 0.135 e. The zero-order chi connectivity index (χ0) is 9.97. The number of halogens is 1. The molecule has 0 saturated heterocycles. The highest BCUT2D eigenvalue weighted by Crippen LogP contribution is 2.29. The van der Waals surface area contributed by atoms with Crippen LogP contribution in [0.5, 0.6) is 0 Å². The van der Waals surface area contributed by atoms with Gasteiger partial charge >= 0.3 is 0 Å². The highest BCUT2D eigenvalue weighted by molar-refractivity contribution is 14.1. The maximum absolute atomic E-state index is 5.98. The molecule has 1 fully saturated rings. The summed E-state index contributed by atoms with van der Waals surface area (Å²) in [4.78, 5) is 0. The predicted octanol–water partition coefficient (Wildman–Crippen LogP) is 2.97. The average molecular weight is 305 g/mol. The summed E-state index contributed by atoms with van der Waals surface area (Å²) in [5.41, 5.74) is 5.98. The van der Waals surface area contributed by atoms with E-state index < -0.39 is 0 Å². The van der Waals surface area contributed by atoms with Gasteiger partial charge in [-0.1, -0.05) is 25.7 Å². The molecule has 1 aliphatic rings. The monoisotopic (exact) mass is 305 g/mol. The lowest BCUT2D eigenvalue weighted by atomic mass is 10.1. The van der Waals surface area contributed by atoms with Gasteiger partial charge in [0, 0.05) is 0 Å². The predicted molar refractivity (Wildman–Crippen MR) is 66.1 cm³/mol. The van der Waals surface area contributed by atoms with Gasteiger partial charge in [-0.3, -0.25) is 0 Å². The molecule has 2 rings (SSSR count). The average Bonchev–Trinajstić information content (AvgIpc) is 2.47. The van der Waals surface area contributed by atoms with E-state index in [-0.39, 0.29) is 0 Å². The van der Waals surface area contributed by atoms with Crippen molar-refractivity contribution in [3.8, 4) is 0 Å². The minimum atomic E-state index is 0.543. The zero-order valence-electron chi connectivity index (χ0n) is 8.25. The first-order valence-electron chi connectivity index (χ1n) is 5.27. The van der Waals surface area contributed by atoms with Gasteiger partial charge in [-0.15, -0.1) is 0 Å². The molecule has 1 aromatic rings. The fraction of sp³-hybridized carbons (Fsp3) is 0.700. The number of nitrogen functional groups attached to an aromatic ring is 1. The van der Waals surface area contributed by atoms with Gasteiger partial charge in [0.2, 0.25) is 0 Å². The van der Waals surface area contributed by atoms with Crippen molar-refractivity contribution in [1.29, 1.82) is 0 Å². The number of nitrogens with two attached hydrogens (primary N) is 1. The van der Waals surface area contributed by atoms with Gasteiger partial charge in [-0.25, -0.2) is 4.68 Å². The minimum Gasteiger partial charge on any atom is -0.383 e. The van der Waals surface area contributed by atoms with Gasteiger partial charge in [0.1, 0.15) is 5.82 Å². The quantitative estimate of drug-likeness (QED) is 0.640. The highest BCUT2D eigenvalue weighted by atomic mass is 127.